The van der Waals surface area contributed by atoms with Gasteiger partial charge in [-0.3, -0.25) is 5.10 Å². The predicted octanol–water partition coefficient (Wildman–Crippen LogP) is 3.62. The number of benzene rings is 1. The summed E-state index contributed by atoms with van der Waals surface area (Å²) in [5.74, 6) is 1.19. The lowest BCUT2D eigenvalue weighted by Gasteiger charge is -2.35. The van der Waals surface area contributed by atoms with E-state index in [1.165, 1.54) is 25.4 Å². The second-order valence-electron chi connectivity index (χ2n) is 7.31. The molecule has 4 rings (SSSR count). The number of rotatable bonds is 6. The summed E-state index contributed by atoms with van der Waals surface area (Å²) in [6.07, 6.45) is 2.77. The first-order valence-electron chi connectivity index (χ1n) is 9.85. The Labute approximate surface area is 178 Å². The van der Waals surface area contributed by atoms with Gasteiger partial charge in [0.1, 0.15) is 23.3 Å². The van der Waals surface area contributed by atoms with Gasteiger partial charge in [0.05, 0.1) is 37.1 Å². The lowest BCUT2D eigenvalue weighted by atomic mass is 9.98. The van der Waals surface area contributed by atoms with Gasteiger partial charge >= 0.3 is 0 Å². The number of pyridine rings is 1. The lowest BCUT2D eigenvalue weighted by molar-refractivity contribution is -0.427. The maximum atomic E-state index is 13.9. The van der Waals surface area contributed by atoms with Crippen molar-refractivity contribution in [2.24, 2.45) is 0 Å². The molecule has 0 saturated carbocycles. The standard InChI is InChI=1S/C21H23FN7O2/c1-13-12-31-8-7-29(13)20-10-16(15-4-3-14(22)9-18(15)28(2)30)17(11-23)21(26-20)25-19-5-6-24-27-19/h3-6,9-11,13,23H,7-8,12H2,1-2H3,(H2,24,25,26,27)/q+1/t13-/m1/s1. The highest BCUT2D eigenvalue weighted by molar-refractivity contribution is 5.98. The molecular formula is C21H23FN7O2+. The third-order valence-corrected chi connectivity index (χ3v) is 5.19. The molecular weight excluding hydrogens is 401 g/mol. The largest absolute Gasteiger partial charge is 0.377 e. The molecule has 1 aliphatic rings. The molecule has 1 fully saturated rings. The second kappa shape index (κ2) is 8.60. The van der Waals surface area contributed by atoms with Crippen LogP contribution >= 0.6 is 0 Å². The Morgan fingerprint density at radius 2 is 2.19 bits per heavy atom. The SMILES string of the molecule is C[C@@H]1COCCN1c1cc(-c2ccc(F)cc2[N+](C)=O)c(C=N)c(Nc2ccn[nH]2)n1. The highest BCUT2D eigenvalue weighted by Crippen LogP contribution is 2.37. The molecule has 9 nitrogen and oxygen atoms in total. The van der Waals surface area contributed by atoms with Crippen molar-refractivity contribution in [1.29, 1.82) is 5.41 Å². The maximum absolute atomic E-state index is 13.9. The summed E-state index contributed by atoms with van der Waals surface area (Å²) in [5, 5.41) is 18.0. The van der Waals surface area contributed by atoms with Crippen LogP contribution < -0.4 is 10.2 Å². The van der Waals surface area contributed by atoms with Gasteiger partial charge < -0.3 is 20.4 Å². The Kier molecular flexibility index (Phi) is 5.72. The molecule has 3 N–H and O–H groups in total. The van der Waals surface area contributed by atoms with Gasteiger partial charge in [-0.05, 0) is 25.1 Å². The molecule has 3 aromatic rings. The van der Waals surface area contributed by atoms with Gasteiger partial charge in [-0.25, -0.2) is 9.37 Å². The van der Waals surface area contributed by atoms with Crippen LogP contribution in [0.2, 0.25) is 0 Å². The van der Waals surface area contributed by atoms with Crippen molar-refractivity contribution in [3.05, 3.63) is 52.8 Å². The van der Waals surface area contributed by atoms with Crippen molar-refractivity contribution >= 4 is 29.4 Å². The van der Waals surface area contributed by atoms with Crippen molar-refractivity contribution in [3.63, 3.8) is 0 Å². The molecule has 31 heavy (non-hydrogen) atoms. The van der Waals surface area contributed by atoms with E-state index in [-0.39, 0.29) is 11.7 Å². The summed E-state index contributed by atoms with van der Waals surface area (Å²) in [4.78, 5) is 19.1. The van der Waals surface area contributed by atoms with Gasteiger partial charge in [-0.1, -0.05) is 0 Å². The normalized spacial score (nSPS) is 16.2. The van der Waals surface area contributed by atoms with Crippen LogP contribution in [-0.4, -0.2) is 59.0 Å². The average molecular weight is 424 g/mol. The Hall–Kier alpha value is -3.66. The number of hydrogen-bond acceptors (Lipinski definition) is 7. The van der Waals surface area contributed by atoms with Crippen molar-refractivity contribution in [2.75, 3.05) is 37.0 Å². The van der Waals surface area contributed by atoms with Gasteiger partial charge in [0.15, 0.2) is 7.05 Å². The first-order chi connectivity index (χ1) is 15.0. The van der Waals surface area contributed by atoms with Crippen molar-refractivity contribution in [3.8, 4) is 11.1 Å². The van der Waals surface area contributed by atoms with Crippen LogP contribution in [0.3, 0.4) is 0 Å². The molecule has 1 aromatic carbocycles. The zero-order chi connectivity index (χ0) is 22.0. The molecule has 0 radical (unpaired) electrons. The highest BCUT2D eigenvalue weighted by atomic mass is 19.1. The minimum Gasteiger partial charge on any atom is -0.377 e. The van der Waals surface area contributed by atoms with E-state index < -0.39 is 5.82 Å². The number of nitrogens with one attached hydrogen (secondary N) is 3. The summed E-state index contributed by atoms with van der Waals surface area (Å²) in [5.41, 5.74) is 1.74. The van der Waals surface area contributed by atoms with Crippen LogP contribution in [0.1, 0.15) is 12.5 Å². The lowest BCUT2D eigenvalue weighted by Crippen LogP contribution is -2.44. The summed E-state index contributed by atoms with van der Waals surface area (Å²) in [6, 6.07) is 7.71. The van der Waals surface area contributed by atoms with E-state index >= 15 is 0 Å². The summed E-state index contributed by atoms with van der Waals surface area (Å²) < 4.78 is 20.1. The van der Waals surface area contributed by atoms with Gasteiger partial charge in [-0.15, -0.1) is 0 Å². The van der Waals surface area contributed by atoms with Crippen LogP contribution in [0.15, 0.2) is 36.5 Å². The smallest absolute Gasteiger partial charge is 0.266 e. The summed E-state index contributed by atoms with van der Waals surface area (Å²) in [7, 11) is 1.32. The first kappa shape index (κ1) is 20.6. The topological polar surface area (TPSA) is 110 Å². The molecule has 0 aliphatic carbocycles. The third-order valence-electron chi connectivity index (χ3n) is 5.19. The number of halogens is 1. The number of aromatic amines is 1. The molecule has 1 saturated heterocycles. The van der Waals surface area contributed by atoms with E-state index in [2.05, 4.69) is 20.4 Å². The number of morpholine rings is 1. The number of anilines is 3. The van der Waals surface area contributed by atoms with Gasteiger partial charge in [-0.2, -0.15) is 5.10 Å². The molecule has 160 valence electrons. The van der Waals surface area contributed by atoms with Crippen molar-refractivity contribution < 1.29 is 13.9 Å². The van der Waals surface area contributed by atoms with Crippen LogP contribution in [0.5, 0.6) is 0 Å². The third kappa shape index (κ3) is 4.15. The molecule has 1 aliphatic heterocycles. The fraction of sp³-hybridized carbons (Fsp3) is 0.286. The number of hydrogen-bond donors (Lipinski definition) is 3. The summed E-state index contributed by atoms with van der Waals surface area (Å²) >= 11 is 0. The van der Waals surface area contributed by atoms with E-state index in [1.54, 1.807) is 18.3 Å². The van der Waals surface area contributed by atoms with E-state index in [1.807, 2.05) is 13.0 Å². The second-order valence-corrected chi connectivity index (χ2v) is 7.31. The van der Waals surface area contributed by atoms with E-state index in [0.717, 1.165) is 0 Å². The molecule has 0 spiro atoms. The molecule has 3 heterocycles. The van der Waals surface area contributed by atoms with Crippen LogP contribution in [0.25, 0.3) is 11.1 Å². The number of H-pyrrole nitrogens is 1. The monoisotopic (exact) mass is 424 g/mol. The number of aromatic nitrogens is 3. The zero-order valence-electron chi connectivity index (χ0n) is 17.2. The molecule has 2 aromatic heterocycles. The Morgan fingerprint density at radius 3 is 2.87 bits per heavy atom. The van der Waals surface area contributed by atoms with Gasteiger partial charge in [0.2, 0.25) is 0 Å². The Bertz CT molecular complexity index is 1120. The number of ether oxygens (including phenoxy) is 1. The molecule has 0 amide bonds. The molecule has 10 heteroatoms. The van der Waals surface area contributed by atoms with E-state index in [0.29, 0.717) is 58.7 Å². The molecule has 1 atom stereocenters. The average Bonchev–Trinajstić information content (AvgIpc) is 3.26. The van der Waals surface area contributed by atoms with Crippen LogP contribution in [0.4, 0.5) is 27.5 Å². The minimum absolute atomic E-state index is 0.0924. The van der Waals surface area contributed by atoms with Crippen LogP contribution in [0, 0.1) is 16.1 Å². The van der Waals surface area contributed by atoms with Crippen LogP contribution in [-0.2, 0) is 4.74 Å². The van der Waals surface area contributed by atoms with Crippen molar-refractivity contribution in [2.45, 2.75) is 13.0 Å². The molecule has 0 bridgehead atoms. The quantitative estimate of drug-likeness (QED) is 0.412. The maximum Gasteiger partial charge on any atom is 0.266 e. The van der Waals surface area contributed by atoms with Gasteiger partial charge in [0, 0.05) is 39.6 Å². The Morgan fingerprint density at radius 1 is 1.35 bits per heavy atom. The highest BCUT2D eigenvalue weighted by Gasteiger charge is 2.26. The minimum atomic E-state index is -0.509. The van der Waals surface area contributed by atoms with Gasteiger partial charge in [0.25, 0.3) is 5.69 Å². The first-order valence-corrected chi connectivity index (χ1v) is 9.85. The fourth-order valence-electron chi connectivity index (χ4n) is 3.67. The van der Waals surface area contributed by atoms with E-state index in [9.17, 15) is 9.30 Å². The predicted molar refractivity (Wildman–Crippen MR) is 116 cm³/mol. The summed E-state index contributed by atoms with van der Waals surface area (Å²) in [6.45, 7) is 3.83. The zero-order valence-corrected chi connectivity index (χ0v) is 17.2. The van der Waals surface area contributed by atoms with E-state index in [4.69, 9.17) is 15.1 Å². The fourth-order valence-corrected chi connectivity index (χ4v) is 3.67. The number of nitrogens with zero attached hydrogens (tertiary/aromatic N) is 4. The van der Waals surface area contributed by atoms with Crippen molar-refractivity contribution in [1.82, 2.24) is 15.2 Å². The Balaban J connectivity index is 1.94. The number of nitroso groups, excluding NO2 is 1. The molecule has 0 unspecified atom stereocenters.